The fraction of sp³-hybridized carbons (Fsp3) is 1.00. The summed E-state index contributed by atoms with van der Waals surface area (Å²) in [4.78, 5) is 0. The van der Waals surface area contributed by atoms with Crippen molar-refractivity contribution in [2.24, 2.45) is 0 Å². The van der Waals surface area contributed by atoms with E-state index in [0.717, 1.165) is 0 Å². The van der Waals surface area contributed by atoms with E-state index in [0.29, 0.717) is 0 Å². The zero-order valence-corrected chi connectivity index (χ0v) is 58.7. The molecule has 51 heteroatoms. The summed E-state index contributed by atoms with van der Waals surface area (Å²) >= 11 is 0. The van der Waals surface area contributed by atoms with Gasteiger partial charge in [0.1, 0.15) is 236 Å². The lowest BCUT2D eigenvalue weighted by Crippen LogP contribution is -2.64. The second kappa shape index (κ2) is 37.3. The highest BCUT2D eigenvalue weighted by molar-refractivity contribution is 5.08. The first-order valence-corrected chi connectivity index (χ1v) is 34.8. The number of hydrogen-bond acceptors (Lipinski definition) is 51. The second-order valence-electron chi connectivity index (χ2n) is 28.1. The van der Waals surface area contributed by atoms with Crippen molar-refractivity contribution in [3.63, 3.8) is 0 Å². The van der Waals surface area contributed by atoms with Gasteiger partial charge in [0.2, 0.25) is 52.1 Å². The van der Waals surface area contributed by atoms with Crippen LogP contribution in [0.3, 0.4) is 0 Å². The Morgan fingerprint density at radius 3 is 0.775 bits per heavy atom. The van der Waals surface area contributed by atoms with Gasteiger partial charge >= 0.3 is 0 Å². The van der Waals surface area contributed by atoms with E-state index in [2.05, 4.69) is 0 Å². The van der Waals surface area contributed by atoms with Crippen LogP contribution >= 0.6 is 0 Å². The molecule has 0 bridgehead atoms. The monoisotopic (exact) mass is 1640 g/mol. The molecular formula is C60H104O51. The van der Waals surface area contributed by atoms with Gasteiger partial charge in [-0.15, -0.1) is 0 Å². The maximum atomic E-state index is 12.0. The van der Waals surface area contributed by atoms with Gasteiger partial charge in [-0.1, -0.05) is 0 Å². The molecule has 9 rings (SSSR count). The third-order valence-corrected chi connectivity index (χ3v) is 21.1. The standard InChI is InChI=1S/C60H104O51/c61-1-22(2-62)102-52(12-72,93-15-54(44(86)34(76)25(5-65)104-54)100-21-60(50(92)40(82)31(11-71)110-60)111-51-42(84)41(83)32(74)23(3-63)101-51)14-94-55(45(87)35(77)26(6-66)105-55)17-96-57(47(89)37(79)28(8-68)107-57)19-98-59(49(91)39(81)30(10-70)109-59)20-99-58(48(90)38(80)29(9-69)108-58)18-97-56(46(88)36(78)27(7-67)106-56)16-95-53(13-73)43(85)33(75)24(4-64)103-53/h22-51,61-92H,1-21H2. The third-order valence-electron chi connectivity index (χ3n) is 21.1. The normalized spacial score (nSPS) is 49.3. The minimum atomic E-state index is -3.20. The molecule has 0 aromatic heterocycles. The van der Waals surface area contributed by atoms with Crippen LogP contribution in [0.2, 0.25) is 0 Å². The largest absolute Gasteiger partial charge is 0.394 e. The Labute approximate surface area is 626 Å². The van der Waals surface area contributed by atoms with E-state index < -0.39 is 374 Å². The maximum Gasteiger partial charge on any atom is 0.224 e. The quantitative estimate of drug-likeness (QED) is 0.0253. The van der Waals surface area contributed by atoms with Crippen molar-refractivity contribution >= 4 is 0 Å². The van der Waals surface area contributed by atoms with Crippen molar-refractivity contribution in [1.29, 1.82) is 0 Å². The molecule has 0 amide bonds. The van der Waals surface area contributed by atoms with Crippen LogP contribution in [-0.4, -0.2) is 538 Å². The number of ether oxygens (including phenoxy) is 19. The van der Waals surface area contributed by atoms with Gasteiger partial charge < -0.3 is 253 Å². The first-order chi connectivity index (χ1) is 52.4. The molecular weight excluding hydrogens is 1540 g/mol. The predicted octanol–water partition coefficient (Wildman–Crippen LogP) is -22.5. The van der Waals surface area contributed by atoms with Gasteiger partial charge in [-0.25, -0.2) is 0 Å². The van der Waals surface area contributed by atoms with Crippen LogP contribution in [0.4, 0.5) is 0 Å². The fourth-order valence-electron chi connectivity index (χ4n) is 14.1. The number of aliphatic hydroxyl groups is 32. The molecule has 0 aromatic rings. The summed E-state index contributed by atoms with van der Waals surface area (Å²) in [5, 5.41) is 350. The van der Waals surface area contributed by atoms with Gasteiger partial charge in [0.15, 0.2) is 6.29 Å². The van der Waals surface area contributed by atoms with Gasteiger partial charge in [-0.3, -0.25) is 0 Å². The van der Waals surface area contributed by atoms with Gasteiger partial charge in [-0.05, 0) is 0 Å². The zero-order valence-electron chi connectivity index (χ0n) is 58.7. The van der Waals surface area contributed by atoms with E-state index in [1.54, 1.807) is 0 Å². The Kier molecular flexibility index (Phi) is 31.2. The number of rotatable bonds is 41. The van der Waals surface area contributed by atoms with Crippen LogP contribution in [0, 0.1) is 0 Å². The summed E-state index contributed by atoms with van der Waals surface area (Å²) in [5.41, 5.74) is 0. The molecule has 9 aliphatic rings. The molecule has 0 aromatic carbocycles. The van der Waals surface area contributed by atoms with Crippen LogP contribution in [-0.2, 0) is 90.0 Å². The molecule has 650 valence electrons. The first kappa shape index (κ1) is 92.8. The highest BCUT2D eigenvalue weighted by atomic mass is 16.9. The topological polar surface area (TPSA) is 823 Å². The van der Waals surface area contributed by atoms with Crippen LogP contribution in [0.1, 0.15) is 0 Å². The Bertz CT molecular complexity index is 2870. The summed E-state index contributed by atoms with van der Waals surface area (Å²) in [5.74, 6) is -27.5. The van der Waals surface area contributed by atoms with Crippen molar-refractivity contribution < 1.29 is 253 Å². The average molecular weight is 1640 g/mol. The number of hydrogen-bond donors (Lipinski definition) is 32. The maximum absolute atomic E-state index is 12.0. The molecule has 0 spiro atoms. The molecule has 9 aliphatic heterocycles. The van der Waals surface area contributed by atoms with Crippen molar-refractivity contribution in [2.75, 3.05) is 139 Å². The van der Waals surface area contributed by atoms with Crippen molar-refractivity contribution in [3.8, 4) is 0 Å². The summed E-state index contributed by atoms with van der Waals surface area (Å²) in [6, 6.07) is 0. The Hall–Kier alpha value is -2.04. The van der Waals surface area contributed by atoms with Gasteiger partial charge in [0.05, 0.1) is 79.3 Å². The number of aliphatic hydroxyl groups excluding tert-OH is 32. The smallest absolute Gasteiger partial charge is 0.224 e. The van der Waals surface area contributed by atoms with E-state index in [9.17, 15) is 163 Å². The summed E-state index contributed by atoms with van der Waals surface area (Å²) < 4.78 is 111. The molecule has 111 heavy (non-hydrogen) atoms. The van der Waals surface area contributed by atoms with E-state index >= 15 is 0 Å². The Balaban J connectivity index is 1.03. The lowest BCUT2D eigenvalue weighted by Gasteiger charge is -2.45. The van der Waals surface area contributed by atoms with E-state index in [-0.39, 0.29) is 0 Å². The summed E-state index contributed by atoms with van der Waals surface area (Å²) in [6.07, 6.45) is -64.6. The van der Waals surface area contributed by atoms with E-state index in [4.69, 9.17) is 90.0 Å². The second-order valence-corrected chi connectivity index (χ2v) is 28.1. The lowest BCUT2D eigenvalue weighted by atomic mass is 9.99. The SMILES string of the molecule is OCC(CO)OC(CO)(COC1(COC2(COC3(COC4(COC5(COC6(CO)OC(CO)C(O)C6O)OC(CO)C(O)C5O)OC(CO)C(O)C4O)OC(CO)C(O)C3O)OC(CO)C(O)C2O)OC(CO)C(O)C1O)OCC1(OCC2(OC3OC(CO)C(O)C(O)C3O)OC(CO)C(O)C2O)OC(CO)C(O)C1O. The molecule has 51 nitrogen and oxygen atoms in total. The molecule has 0 aliphatic carbocycles. The first-order valence-electron chi connectivity index (χ1n) is 34.8. The van der Waals surface area contributed by atoms with Crippen LogP contribution < -0.4 is 0 Å². The van der Waals surface area contributed by atoms with Crippen molar-refractivity contribution in [3.05, 3.63) is 0 Å². The Morgan fingerprint density at radius 1 is 0.261 bits per heavy atom. The fourth-order valence-corrected chi connectivity index (χ4v) is 14.1. The molecule has 9 heterocycles. The molecule has 0 radical (unpaired) electrons. The summed E-state index contributed by atoms with van der Waals surface area (Å²) in [7, 11) is 0. The molecule has 9 saturated heterocycles. The highest BCUT2D eigenvalue weighted by Gasteiger charge is 2.69. The predicted molar refractivity (Wildman–Crippen MR) is 332 cm³/mol. The molecule has 38 unspecified atom stereocenters. The van der Waals surface area contributed by atoms with Crippen molar-refractivity contribution in [2.45, 2.75) is 235 Å². The average Bonchev–Trinajstić information content (AvgIpc) is 1.50. The summed E-state index contributed by atoms with van der Waals surface area (Å²) in [6.45, 7) is -27.6. The minimum absolute atomic E-state index is 0.964. The van der Waals surface area contributed by atoms with Gasteiger partial charge in [0.25, 0.3) is 0 Å². The minimum Gasteiger partial charge on any atom is -0.394 e. The van der Waals surface area contributed by atoms with Crippen LogP contribution in [0.15, 0.2) is 0 Å². The lowest BCUT2D eigenvalue weighted by molar-refractivity contribution is -0.409. The molecule has 32 N–H and O–H groups in total. The molecule has 0 saturated carbocycles. The third kappa shape index (κ3) is 17.4. The van der Waals surface area contributed by atoms with Crippen molar-refractivity contribution in [1.82, 2.24) is 0 Å². The molecule has 9 fully saturated rings. The van der Waals surface area contributed by atoms with E-state index in [1.165, 1.54) is 0 Å². The zero-order chi connectivity index (χ0) is 82.1. The molecule has 38 atom stereocenters. The van der Waals surface area contributed by atoms with Crippen LogP contribution in [0.25, 0.3) is 0 Å². The highest BCUT2D eigenvalue weighted by Crippen LogP contribution is 2.47. The van der Waals surface area contributed by atoms with Crippen LogP contribution in [0.5, 0.6) is 0 Å². The van der Waals surface area contributed by atoms with Gasteiger partial charge in [0, 0.05) is 0 Å². The Morgan fingerprint density at radius 2 is 0.505 bits per heavy atom. The van der Waals surface area contributed by atoms with Gasteiger partial charge in [-0.2, -0.15) is 0 Å². The van der Waals surface area contributed by atoms with E-state index in [1.807, 2.05) is 0 Å².